The van der Waals surface area contributed by atoms with E-state index in [2.05, 4.69) is 5.32 Å². The Morgan fingerprint density at radius 1 is 1.39 bits per heavy atom. The molecule has 1 unspecified atom stereocenters. The number of benzene rings is 1. The van der Waals surface area contributed by atoms with Crippen molar-refractivity contribution in [3.8, 4) is 0 Å². The average molecular weight is 258 g/mol. The van der Waals surface area contributed by atoms with Crippen molar-refractivity contribution in [3.05, 3.63) is 23.8 Å². The molecule has 18 heavy (non-hydrogen) atoms. The first-order chi connectivity index (χ1) is 8.36. The summed E-state index contributed by atoms with van der Waals surface area (Å²) in [5.74, 6) is 0.676. The molecule has 0 spiro atoms. The van der Waals surface area contributed by atoms with Gasteiger partial charge in [-0.05, 0) is 37.5 Å². The zero-order valence-corrected chi connectivity index (χ0v) is 10.2. The van der Waals surface area contributed by atoms with Crippen molar-refractivity contribution in [3.63, 3.8) is 0 Å². The van der Waals surface area contributed by atoms with Crippen LogP contribution in [0.5, 0.6) is 0 Å². The van der Waals surface area contributed by atoms with Gasteiger partial charge in [0.25, 0.3) is 0 Å². The van der Waals surface area contributed by atoms with Crippen molar-refractivity contribution in [2.45, 2.75) is 38.4 Å². The van der Waals surface area contributed by atoms with Gasteiger partial charge in [-0.15, -0.1) is 0 Å². The van der Waals surface area contributed by atoms with Crippen LogP contribution in [-0.4, -0.2) is 6.04 Å². The molecule has 1 atom stereocenters. The number of halogens is 3. The van der Waals surface area contributed by atoms with Crippen LogP contribution in [0.25, 0.3) is 0 Å². The van der Waals surface area contributed by atoms with Crippen LogP contribution in [0.2, 0.25) is 0 Å². The monoisotopic (exact) mass is 258 g/mol. The number of rotatable bonds is 4. The van der Waals surface area contributed by atoms with Crippen LogP contribution in [0.1, 0.15) is 31.7 Å². The van der Waals surface area contributed by atoms with Gasteiger partial charge in [-0.1, -0.05) is 12.8 Å². The second-order valence-corrected chi connectivity index (χ2v) is 5.03. The van der Waals surface area contributed by atoms with Crippen LogP contribution in [0.15, 0.2) is 18.2 Å². The number of hydrogen-bond donors (Lipinski definition) is 2. The molecule has 0 radical (unpaired) electrons. The maximum absolute atomic E-state index is 12.9. The number of nitrogens with two attached hydrogens (primary N) is 1. The van der Waals surface area contributed by atoms with Gasteiger partial charge in [-0.25, -0.2) is 0 Å². The third-order valence-corrected chi connectivity index (χ3v) is 3.13. The second kappa shape index (κ2) is 4.71. The molecular formula is C13H17F3N2. The fourth-order valence-corrected chi connectivity index (χ4v) is 2.10. The molecule has 3 N–H and O–H groups in total. The molecule has 2 nitrogen and oxygen atoms in total. The molecule has 0 heterocycles. The van der Waals surface area contributed by atoms with Crippen LogP contribution in [0.4, 0.5) is 24.5 Å². The molecule has 0 aliphatic heterocycles. The highest BCUT2D eigenvalue weighted by molar-refractivity contribution is 5.59. The van der Waals surface area contributed by atoms with E-state index in [9.17, 15) is 13.2 Å². The summed E-state index contributed by atoms with van der Waals surface area (Å²) >= 11 is 0. The smallest absolute Gasteiger partial charge is 0.399 e. The fourth-order valence-electron chi connectivity index (χ4n) is 2.10. The molecule has 0 bridgehead atoms. The minimum absolute atomic E-state index is 0.0437. The normalized spacial score (nSPS) is 17.6. The molecular weight excluding hydrogens is 241 g/mol. The highest BCUT2D eigenvalue weighted by atomic mass is 19.4. The zero-order valence-electron chi connectivity index (χ0n) is 10.2. The molecule has 2 rings (SSSR count). The van der Waals surface area contributed by atoms with Gasteiger partial charge in [-0.2, -0.15) is 13.2 Å². The number of nitrogen functional groups attached to an aromatic ring is 1. The highest BCUT2D eigenvalue weighted by Crippen LogP contribution is 2.38. The summed E-state index contributed by atoms with van der Waals surface area (Å²) in [6.45, 7) is 1.91. The van der Waals surface area contributed by atoms with Crippen LogP contribution in [0.3, 0.4) is 0 Å². The van der Waals surface area contributed by atoms with Crippen LogP contribution < -0.4 is 11.1 Å². The quantitative estimate of drug-likeness (QED) is 0.804. The molecule has 100 valence electrons. The van der Waals surface area contributed by atoms with Crippen molar-refractivity contribution in [2.75, 3.05) is 11.1 Å². The van der Waals surface area contributed by atoms with Crippen LogP contribution >= 0.6 is 0 Å². The molecule has 0 saturated heterocycles. The maximum Gasteiger partial charge on any atom is 0.418 e. The standard InChI is InChI=1S/C13H17F3N2/c1-8(6-9-2-3-9)18-12-5-4-10(17)7-11(12)13(14,15)16/h4-5,7-9,18H,2-3,6,17H2,1H3. The molecule has 1 fully saturated rings. The predicted octanol–water partition coefficient (Wildman–Crippen LogP) is 3.89. The van der Waals surface area contributed by atoms with E-state index in [1.165, 1.54) is 25.0 Å². The van der Waals surface area contributed by atoms with E-state index >= 15 is 0 Å². The van der Waals surface area contributed by atoms with Gasteiger partial charge in [0.1, 0.15) is 0 Å². The van der Waals surface area contributed by atoms with Crippen molar-refractivity contribution in [2.24, 2.45) is 5.92 Å². The minimum Gasteiger partial charge on any atom is -0.399 e. The van der Waals surface area contributed by atoms with E-state index in [-0.39, 0.29) is 17.4 Å². The highest BCUT2D eigenvalue weighted by Gasteiger charge is 2.34. The van der Waals surface area contributed by atoms with Crippen molar-refractivity contribution >= 4 is 11.4 Å². The Hall–Kier alpha value is -1.39. The Bertz CT molecular complexity index is 425. The Kier molecular flexibility index (Phi) is 3.41. The lowest BCUT2D eigenvalue weighted by molar-refractivity contribution is -0.136. The summed E-state index contributed by atoms with van der Waals surface area (Å²) in [6, 6.07) is 3.91. The molecule has 1 aromatic rings. The Labute approximate surface area is 104 Å². The van der Waals surface area contributed by atoms with Gasteiger partial charge in [0.2, 0.25) is 0 Å². The second-order valence-electron chi connectivity index (χ2n) is 5.03. The van der Waals surface area contributed by atoms with Crippen molar-refractivity contribution < 1.29 is 13.2 Å². The number of nitrogens with one attached hydrogen (secondary N) is 1. The van der Waals surface area contributed by atoms with Gasteiger partial charge in [-0.3, -0.25) is 0 Å². The summed E-state index contributed by atoms with van der Waals surface area (Å²) in [5.41, 5.74) is 4.97. The minimum atomic E-state index is -4.38. The number of hydrogen-bond acceptors (Lipinski definition) is 2. The topological polar surface area (TPSA) is 38.0 Å². The molecule has 0 aromatic heterocycles. The number of anilines is 2. The van der Waals surface area contributed by atoms with E-state index in [0.29, 0.717) is 5.92 Å². The molecule has 1 saturated carbocycles. The van der Waals surface area contributed by atoms with Gasteiger partial charge < -0.3 is 11.1 Å². The molecule has 0 amide bonds. The van der Waals surface area contributed by atoms with Crippen molar-refractivity contribution in [1.29, 1.82) is 0 Å². The zero-order chi connectivity index (χ0) is 13.3. The Morgan fingerprint density at radius 3 is 2.61 bits per heavy atom. The Balaban J connectivity index is 2.15. The fraction of sp³-hybridized carbons (Fsp3) is 0.538. The van der Waals surface area contributed by atoms with E-state index in [1.54, 1.807) is 0 Å². The maximum atomic E-state index is 12.9. The molecule has 1 aliphatic carbocycles. The molecule has 5 heteroatoms. The summed E-state index contributed by atoms with van der Waals surface area (Å²) < 4.78 is 38.6. The summed E-state index contributed by atoms with van der Waals surface area (Å²) in [5, 5.41) is 2.94. The van der Waals surface area contributed by atoms with Gasteiger partial charge in [0, 0.05) is 17.4 Å². The number of alkyl halides is 3. The molecule has 1 aliphatic rings. The third kappa shape index (κ3) is 3.31. The summed E-state index contributed by atoms with van der Waals surface area (Å²) in [4.78, 5) is 0. The van der Waals surface area contributed by atoms with E-state index in [1.807, 2.05) is 6.92 Å². The average Bonchev–Trinajstić information content (AvgIpc) is 3.03. The van der Waals surface area contributed by atoms with Crippen molar-refractivity contribution in [1.82, 2.24) is 0 Å². The lowest BCUT2D eigenvalue weighted by atomic mass is 10.1. The first-order valence-corrected chi connectivity index (χ1v) is 6.09. The largest absolute Gasteiger partial charge is 0.418 e. The van der Waals surface area contributed by atoms with Crippen LogP contribution in [-0.2, 0) is 6.18 Å². The summed E-state index contributed by atoms with van der Waals surface area (Å²) in [6.07, 6.45) is -1.07. The van der Waals surface area contributed by atoms with Gasteiger partial charge >= 0.3 is 6.18 Å². The lowest BCUT2D eigenvalue weighted by Crippen LogP contribution is -2.19. The predicted molar refractivity (Wildman–Crippen MR) is 66.3 cm³/mol. The molecule has 1 aromatic carbocycles. The van der Waals surface area contributed by atoms with Gasteiger partial charge in [0.15, 0.2) is 0 Å². The Morgan fingerprint density at radius 2 is 2.06 bits per heavy atom. The SMILES string of the molecule is CC(CC1CC1)Nc1ccc(N)cc1C(F)(F)F. The summed E-state index contributed by atoms with van der Waals surface area (Å²) in [7, 11) is 0. The van der Waals surface area contributed by atoms with Crippen LogP contribution in [0, 0.1) is 5.92 Å². The first kappa shape index (κ1) is 13.1. The van der Waals surface area contributed by atoms with E-state index in [4.69, 9.17) is 5.73 Å². The lowest BCUT2D eigenvalue weighted by Gasteiger charge is -2.19. The third-order valence-electron chi connectivity index (χ3n) is 3.13. The van der Waals surface area contributed by atoms with E-state index < -0.39 is 11.7 Å². The van der Waals surface area contributed by atoms with Gasteiger partial charge in [0.05, 0.1) is 5.56 Å². The first-order valence-electron chi connectivity index (χ1n) is 6.09. The van der Waals surface area contributed by atoms with E-state index in [0.717, 1.165) is 12.5 Å².